The second kappa shape index (κ2) is 8.05. The van der Waals surface area contributed by atoms with Gasteiger partial charge in [0.1, 0.15) is 5.75 Å². The van der Waals surface area contributed by atoms with Crippen molar-refractivity contribution in [3.63, 3.8) is 0 Å². The molecule has 132 valence electrons. The van der Waals surface area contributed by atoms with Crippen molar-refractivity contribution in [1.82, 2.24) is 5.32 Å². The first kappa shape index (κ1) is 18.1. The van der Waals surface area contributed by atoms with Crippen LogP contribution in [0.2, 0.25) is 0 Å². The fourth-order valence-electron chi connectivity index (χ4n) is 2.18. The van der Waals surface area contributed by atoms with E-state index in [4.69, 9.17) is 9.47 Å². The molecular formula is C18H20N2O5. The number of carbonyl (C=O) groups is 2. The van der Waals surface area contributed by atoms with E-state index in [1.165, 1.54) is 26.4 Å². The highest BCUT2D eigenvalue weighted by Crippen LogP contribution is 2.27. The molecule has 2 rings (SSSR count). The summed E-state index contributed by atoms with van der Waals surface area (Å²) in [6.45, 7) is 1.59. The van der Waals surface area contributed by atoms with Crippen molar-refractivity contribution >= 4 is 17.5 Å². The Hall–Kier alpha value is -3.22. The van der Waals surface area contributed by atoms with Crippen molar-refractivity contribution in [1.29, 1.82) is 0 Å². The van der Waals surface area contributed by atoms with E-state index in [9.17, 15) is 14.7 Å². The van der Waals surface area contributed by atoms with Gasteiger partial charge in [-0.05, 0) is 42.8 Å². The molecule has 0 aromatic heterocycles. The predicted molar refractivity (Wildman–Crippen MR) is 93.4 cm³/mol. The normalized spacial score (nSPS) is 10.0. The van der Waals surface area contributed by atoms with Gasteiger partial charge in [-0.3, -0.25) is 9.59 Å². The number of benzene rings is 2. The number of amides is 2. The Bertz CT molecular complexity index is 789. The second-order valence-electron chi connectivity index (χ2n) is 5.32. The molecule has 7 nitrogen and oxygen atoms in total. The molecule has 0 aliphatic carbocycles. The second-order valence-corrected chi connectivity index (χ2v) is 5.32. The van der Waals surface area contributed by atoms with Crippen LogP contribution in [0.25, 0.3) is 0 Å². The van der Waals surface area contributed by atoms with Gasteiger partial charge in [0.05, 0.1) is 26.5 Å². The summed E-state index contributed by atoms with van der Waals surface area (Å²) >= 11 is 0. The van der Waals surface area contributed by atoms with Crippen molar-refractivity contribution < 1.29 is 24.2 Å². The van der Waals surface area contributed by atoms with Crippen LogP contribution in [0.3, 0.4) is 0 Å². The molecular weight excluding hydrogens is 324 g/mol. The lowest BCUT2D eigenvalue weighted by Gasteiger charge is -2.11. The molecule has 0 unspecified atom stereocenters. The van der Waals surface area contributed by atoms with E-state index in [0.717, 1.165) is 5.56 Å². The molecule has 2 aromatic carbocycles. The van der Waals surface area contributed by atoms with Gasteiger partial charge in [0.15, 0.2) is 11.5 Å². The van der Waals surface area contributed by atoms with Gasteiger partial charge in [0, 0.05) is 5.56 Å². The zero-order chi connectivity index (χ0) is 18.4. The topological polar surface area (TPSA) is 96.9 Å². The number of aromatic hydroxyl groups is 1. The number of ether oxygens (including phenoxy) is 2. The van der Waals surface area contributed by atoms with Crippen LogP contribution in [0.5, 0.6) is 17.2 Å². The Morgan fingerprint density at radius 1 is 1.04 bits per heavy atom. The highest BCUT2D eigenvalue weighted by Gasteiger charge is 2.12. The molecule has 0 fully saturated rings. The minimum Gasteiger partial charge on any atom is -0.506 e. The number of phenols is 1. The predicted octanol–water partition coefficient (Wildman–Crippen LogP) is 2.09. The van der Waals surface area contributed by atoms with Gasteiger partial charge < -0.3 is 25.2 Å². The number of aryl methyl sites for hydroxylation is 1. The Morgan fingerprint density at radius 2 is 1.76 bits per heavy atom. The van der Waals surface area contributed by atoms with E-state index >= 15 is 0 Å². The summed E-state index contributed by atoms with van der Waals surface area (Å²) < 4.78 is 10.3. The first-order chi connectivity index (χ1) is 11.9. The summed E-state index contributed by atoms with van der Waals surface area (Å²) in [4.78, 5) is 24.1. The number of nitrogens with one attached hydrogen (secondary N) is 2. The number of hydrogen-bond donors (Lipinski definition) is 3. The largest absolute Gasteiger partial charge is 0.506 e. The number of rotatable bonds is 6. The Balaban J connectivity index is 1.96. The van der Waals surface area contributed by atoms with E-state index in [1.54, 1.807) is 24.3 Å². The summed E-state index contributed by atoms with van der Waals surface area (Å²) in [7, 11) is 2.98. The van der Waals surface area contributed by atoms with Crippen molar-refractivity contribution in [3.05, 3.63) is 47.5 Å². The maximum absolute atomic E-state index is 12.1. The Kier molecular flexibility index (Phi) is 5.84. The number of hydrogen-bond acceptors (Lipinski definition) is 5. The number of methoxy groups -OCH3 is 2. The highest BCUT2D eigenvalue weighted by molar-refractivity contribution is 6.00. The van der Waals surface area contributed by atoms with Crippen LogP contribution in [0.15, 0.2) is 36.4 Å². The van der Waals surface area contributed by atoms with Crippen LogP contribution in [-0.2, 0) is 4.79 Å². The third-order valence-electron chi connectivity index (χ3n) is 3.48. The van der Waals surface area contributed by atoms with Crippen LogP contribution in [0.1, 0.15) is 15.9 Å². The number of carbonyl (C=O) groups excluding carboxylic acids is 2. The van der Waals surface area contributed by atoms with Gasteiger partial charge in [-0.25, -0.2) is 0 Å². The van der Waals surface area contributed by atoms with Crippen LogP contribution < -0.4 is 20.1 Å². The molecule has 0 spiro atoms. The third kappa shape index (κ3) is 4.63. The lowest BCUT2D eigenvalue weighted by molar-refractivity contribution is -0.115. The molecule has 0 atom stereocenters. The smallest absolute Gasteiger partial charge is 0.251 e. The van der Waals surface area contributed by atoms with Crippen molar-refractivity contribution in [2.45, 2.75) is 6.92 Å². The standard InChI is InChI=1S/C18H20N2O5/c1-11-4-6-13(14(21)8-11)20-17(22)10-19-18(23)12-5-7-15(24-2)16(9-12)25-3/h4-9,21H,10H2,1-3H3,(H,19,23)(H,20,22). The molecule has 7 heteroatoms. The molecule has 25 heavy (non-hydrogen) atoms. The molecule has 0 aliphatic heterocycles. The molecule has 0 heterocycles. The number of phenolic OH excluding ortho intramolecular Hbond substituents is 1. The summed E-state index contributed by atoms with van der Waals surface area (Å²) in [6.07, 6.45) is 0. The fourth-order valence-corrected chi connectivity index (χ4v) is 2.18. The van der Waals surface area contributed by atoms with Crippen LogP contribution in [-0.4, -0.2) is 37.7 Å². The van der Waals surface area contributed by atoms with Crippen molar-refractivity contribution in [3.8, 4) is 17.2 Å². The van der Waals surface area contributed by atoms with E-state index in [2.05, 4.69) is 10.6 Å². The zero-order valence-electron chi connectivity index (χ0n) is 14.3. The third-order valence-corrected chi connectivity index (χ3v) is 3.48. The van der Waals surface area contributed by atoms with E-state index < -0.39 is 11.8 Å². The van der Waals surface area contributed by atoms with E-state index in [1.807, 2.05) is 6.92 Å². The molecule has 2 amide bonds. The minimum absolute atomic E-state index is 0.0282. The van der Waals surface area contributed by atoms with Gasteiger partial charge in [0.2, 0.25) is 5.91 Å². The Labute approximate surface area is 145 Å². The average Bonchev–Trinajstić information content (AvgIpc) is 2.61. The summed E-state index contributed by atoms with van der Waals surface area (Å²) in [6, 6.07) is 9.60. The molecule has 3 N–H and O–H groups in total. The van der Waals surface area contributed by atoms with Gasteiger partial charge in [-0.1, -0.05) is 6.07 Å². The SMILES string of the molecule is COc1ccc(C(=O)NCC(=O)Nc2ccc(C)cc2O)cc1OC. The molecule has 0 saturated heterocycles. The summed E-state index contributed by atoms with van der Waals surface area (Å²) in [5.74, 6) is 0.0209. The Morgan fingerprint density at radius 3 is 2.40 bits per heavy atom. The van der Waals surface area contributed by atoms with Crippen LogP contribution in [0.4, 0.5) is 5.69 Å². The van der Waals surface area contributed by atoms with Gasteiger partial charge in [0.25, 0.3) is 5.91 Å². The van der Waals surface area contributed by atoms with Crippen molar-refractivity contribution in [2.75, 3.05) is 26.1 Å². The lowest BCUT2D eigenvalue weighted by atomic mass is 10.2. The summed E-state index contributed by atoms with van der Waals surface area (Å²) in [5, 5.41) is 14.8. The van der Waals surface area contributed by atoms with Crippen LogP contribution in [0, 0.1) is 6.92 Å². The van der Waals surface area contributed by atoms with E-state index in [-0.39, 0.29) is 18.0 Å². The first-order valence-electron chi connectivity index (χ1n) is 7.54. The highest BCUT2D eigenvalue weighted by atomic mass is 16.5. The first-order valence-corrected chi connectivity index (χ1v) is 7.54. The molecule has 0 saturated carbocycles. The molecule has 0 radical (unpaired) electrons. The van der Waals surface area contributed by atoms with Crippen molar-refractivity contribution in [2.24, 2.45) is 0 Å². The monoisotopic (exact) mass is 344 g/mol. The van der Waals surface area contributed by atoms with E-state index in [0.29, 0.717) is 17.1 Å². The van der Waals surface area contributed by atoms with Crippen LogP contribution >= 0.6 is 0 Å². The summed E-state index contributed by atoms with van der Waals surface area (Å²) in [5.41, 5.74) is 1.50. The molecule has 0 bridgehead atoms. The number of anilines is 1. The molecule has 0 aliphatic rings. The lowest BCUT2D eigenvalue weighted by Crippen LogP contribution is -2.32. The maximum Gasteiger partial charge on any atom is 0.251 e. The minimum atomic E-state index is -0.451. The molecule has 2 aromatic rings. The maximum atomic E-state index is 12.1. The average molecular weight is 344 g/mol. The quantitative estimate of drug-likeness (QED) is 0.697. The van der Waals surface area contributed by atoms with Gasteiger partial charge >= 0.3 is 0 Å². The van der Waals surface area contributed by atoms with Gasteiger partial charge in [-0.15, -0.1) is 0 Å². The fraction of sp³-hybridized carbons (Fsp3) is 0.222. The zero-order valence-corrected chi connectivity index (χ0v) is 14.3. The van der Waals surface area contributed by atoms with Gasteiger partial charge in [-0.2, -0.15) is 0 Å².